The summed E-state index contributed by atoms with van der Waals surface area (Å²) in [5.74, 6) is 0.861. The first-order valence-corrected chi connectivity index (χ1v) is 8.40. The van der Waals surface area contributed by atoms with Crippen LogP contribution in [-0.4, -0.2) is 28.3 Å². The lowest BCUT2D eigenvalue weighted by Crippen LogP contribution is -2.09. The normalized spacial score (nSPS) is 12.1. The summed E-state index contributed by atoms with van der Waals surface area (Å²) in [5, 5.41) is 8.83. The van der Waals surface area contributed by atoms with E-state index in [1.807, 2.05) is 36.4 Å². The number of aromatic nitrogens is 3. The van der Waals surface area contributed by atoms with Gasteiger partial charge in [0.15, 0.2) is 6.10 Å². The fourth-order valence-corrected chi connectivity index (χ4v) is 2.76. The minimum Gasteiger partial charge on any atom is -0.497 e. The van der Waals surface area contributed by atoms with Crippen LogP contribution in [0.5, 0.6) is 5.75 Å². The van der Waals surface area contributed by atoms with Crippen molar-refractivity contribution in [2.75, 3.05) is 7.11 Å². The second-order valence-corrected chi connectivity index (χ2v) is 5.97. The fourth-order valence-electron chi connectivity index (χ4n) is 2.76. The largest absolute Gasteiger partial charge is 0.497 e. The molecule has 4 rings (SSSR count). The molecule has 2 aromatic carbocycles. The molecule has 4 aromatic rings. The van der Waals surface area contributed by atoms with Gasteiger partial charge in [-0.15, -0.1) is 10.2 Å². The summed E-state index contributed by atoms with van der Waals surface area (Å²) in [6.07, 6.45) is 0.960. The predicted molar refractivity (Wildman–Crippen MR) is 98.4 cm³/mol. The number of nitrogens with one attached hydrogen (secondary N) is 1. The van der Waals surface area contributed by atoms with Gasteiger partial charge in [0, 0.05) is 22.7 Å². The molecule has 0 saturated heterocycles. The number of fused-ring (bicyclic) bond motifs is 1. The minimum atomic E-state index is -0.675. The molecule has 1 atom stereocenters. The SMILES string of the molecule is COc1ccc(-c2nnc(C(C)OC(=O)c3c[nH]c4ccccc34)o2)cc1. The van der Waals surface area contributed by atoms with Crippen LogP contribution in [-0.2, 0) is 4.74 Å². The third-order valence-corrected chi connectivity index (χ3v) is 4.22. The van der Waals surface area contributed by atoms with E-state index < -0.39 is 12.1 Å². The maximum absolute atomic E-state index is 12.5. The summed E-state index contributed by atoms with van der Waals surface area (Å²) in [6.45, 7) is 1.69. The molecule has 0 amide bonds. The molecule has 0 bridgehead atoms. The maximum atomic E-state index is 12.5. The first-order valence-electron chi connectivity index (χ1n) is 8.40. The lowest BCUT2D eigenvalue weighted by molar-refractivity contribution is 0.0282. The van der Waals surface area contributed by atoms with Gasteiger partial charge in [0.25, 0.3) is 5.89 Å². The number of H-pyrrole nitrogens is 1. The molecule has 1 unspecified atom stereocenters. The number of benzene rings is 2. The van der Waals surface area contributed by atoms with Crippen molar-refractivity contribution in [2.45, 2.75) is 13.0 Å². The van der Waals surface area contributed by atoms with E-state index in [9.17, 15) is 4.79 Å². The van der Waals surface area contributed by atoms with Gasteiger partial charge in [-0.1, -0.05) is 18.2 Å². The number of aromatic amines is 1. The maximum Gasteiger partial charge on any atom is 0.341 e. The molecule has 0 aliphatic carbocycles. The van der Waals surface area contributed by atoms with E-state index >= 15 is 0 Å². The van der Waals surface area contributed by atoms with Gasteiger partial charge >= 0.3 is 5.97 Å². The molecule has 7 nitrogen and oxygen atoms in total. The molecule has 0 saturated carbocycles. The van der Waals surface area contributed by atoms with Gasteiger partial charge in [0.2, 0.25) is 5.89 Å². The number of hydrogen-bond acceptors (Lipinski definition) is 6. The van der Waals surface area contributed by atoms with E-state index in [1.54, 1.807) is 32.4 Å². The van der Waals surface area contributed by atoms with E-state index in [0.29, 0.717) is 11.5 Å². The van der Waals surface area contributed by atoms with E-state index in [-0.39, 0.29) is 5.89 Å². The van der Waals surface area contributed by atoms with Crippen LogP contribution in [0, 0.1) is 0 Å². The Bertz CT molecular complexity index is 1080. The molecule has 136 valence electrons. The molecule has 0 aliphatic rings. The Labute approximate surface area is 154 Å². The van der Waals surface area contributed by atoms with E-state index in [2.05, 4.69) is 15.2 Å². The first-order chi connectivity index (χ1) is 13.2. The van der Waals surface area contributed by atoms with Crippen molar-refractivity contribution in [1.82, 2.24) is 15.2 Å². The van der Waals surface area contributed by atoms with Gasteiger partial charge in [0.05, 0.1) is 12.7 Å². The molecule has 1 N–H and O–H groups in total. The van der Waals surface area contributed by atoms with Crippen LogP contribution < -0.4 is 4.74 Å². The highest BCUT2D eigenvalue weighted by molar-refractivity contribution is 6.04. The molecule has 2 heterocycles. The molecule has 0 aliphatic heterocycles. The number of carbonyl (C=O) groups excluding carboxylic acids is 1. The average Bonchev–Trinajstić information content (AvgIpc) is 3.35. The summed E-state index contributed by atoms with van der Waals surface area (Å²) >= 11 is 0. The Kier molecular flexibility index (Phi) is 4.33. The van der Waals surface area contributed by atoms with Crippen LogP contribution in [0.4, 0.5) is 0 Å². The van der Waals surface area contributed by atoms with Crippen LogP contribution in [0.3, 0.4) is 0 Å². The van der Waals surface area contributed by atoms with Crippen LogP contribution >= 0.6 is 0 Å². The molecule has 0 radical (unpaired) electrons. The fraction of sp³-hybridized carbons (Fsp3) is 0.150. The third-order valence-electron chi connectivity index (χ3n) is 4.22. The second kappa shape index (κ2) is 6.95. The van der Waals surface area contributed by atoms with Crippen molar-refractivity contribution in [3.63, 3.8) is 0 Å². The summed E-state index contributed by atoms with van der Waals surface area (Å²) < 4.78 is 16.3. The van der Waals surface area contributed by atoms with E-state index in [4.69, 9.17) is 13.9 Å². The van der Waals surface area contributed by atoms with Crippen molar-refractivity contribution < 1.29 is 18.7 Å². The number of carbonyl (C=O) groups is 1. The van der Waals surface area contributed by atoms with Crippen molar-refractivity contribution in [3.8, 4) is 17.2 Å². The Hall–Kier alpha value is -3.61. The average molecular weight is 363 g/mol. The Morgan fingerprint density at radius 1 is 1.11 bits per heavy atom. The highest BCUT2D eigenvalue weighted by Crippen LogP contribution is 2.26. The monoisotopic (exact) mass is 363 g/mol. The van der Waals surface area contributed by atoms with Crippen LogP contribution in [0.1, 0.15) is 29.3 Å². The zero-order valence-electron chi connectivity index (χ0n) is 14.8. The number of ether oxygens (including phenoxy) is 2. The van der Waals surface area contributed by atoms with Gasteiger partial charge in [-0.25, -0.2) is 4.79 Å². The number of hydrogen-bond donors (Lipinski definition) is 1. The van der Waals surface area contributed by atoms with Crippen LogP contribution in [0.2, 0.25) is 0 Å². The first kappa shape index (κ1) is 16.8. The lowest BCUT2D eigenvalue weighted by Gasteiger charge is -2.08. The molecule has 0 spiro atoms. The highest BCUT2D eigenvalue weighted by atomic mass is 16.6. The number of para-hydroxylation sites is 1. The lowest BCUT2D eigenvalue weighted by atomic mass is 10.2. The van der Waals surface area contributed by atoms with Gasteiger partial charge in [0.1, 0.15) is 5.75 Å². The van der Waals surface area contributed by atoms with Gasteiger partial charge in [-0.2, -0.15) is 0 Å². The van der Waals surface area contributed by atoms with Crippen molar-refractivity contribution in [3.05, 3.63) is 66.2 Å². The molecule has 27 heavy (non-hydrogen) atoms. The van der Waals surface area contributed by atoms with Crippen LogP contribution in [0.15, 0.2) is 59.1 Å². The van der Waals surface area contributed by atoms with Gasteiger partial charge in [-0.05, 0) is 37.3 Å². The summed E-state index contributed by atoms with van der Waals surface area (Å²) in [4.78, 5) is 15.6. The molecule has 0 fully saturated rings. The van der Waals surface area contributed by atoms with Gasteiger partial charge < -0.3 is 18.9 Å². The third kappa shape index (κ3) is 3.27. The number of methoxy groups -OCH3 is 1. The number of nitrogens with zero attached hydrogens (tertiary/aromatic N) is 2. The topological polar surface area (TPSA) is 90.2 Å². The minimum absolute atomic E-state index is 0.231. The number of esters is 1. The van der Waals surface area contributed by atoms with Crippen molar-refractivity contribution in [1.29, 1.82) is 0 Å². The Balaban J connectivity index is 1.50. The zero-order chi connectivity index (χ0) is 18.8. The summed E-state index contributed by atoms with van der Waals surface area (Å²) in [6, 6.07) is 14.8. The Morgan fingerprint density at radius 2 is 1.89 bits per heavy atom. The van der Waals surface area contributed by atoms with Gasteiger partial charge in [-0.3, -0.25) is 0 Å². The zero-order valence-corrected chi connectivity index (χ0v) is 14.8. The van der Waals surface area contributed by atoms with Crippen molar-refractivity contribution >= 4 is 16.9 Å². The van der Waals surface area contributed by atoms with E-state index in [0.717, 1.165) is 22.2 Å². The predicted octanol–water partition coefficient (Wildman–Crippen LogP) is 4.14. The van der Waals surface area contributed by atoms with E-state index in [1.165, 1.54) is 0 Å². The Morgan fingerprint density at radius 3 is 2.67 bits per heavy atom. The van der Waals surface area contributed by atoms with Crippen molar-refractivity contribution in [2.24, 2.45) is 0 Å². The second-order valence-electron chi connectivity index (χ2n) is 5.97. The standard InChI is InChI=1S/C20H17N3O4/c1-12(26-20(24)16-11-21-17-6-4-3-5-15(16)17)18-22-23-19(27-18)13-7-9-14(25-2)10-8-13/h3-12,21H,1-2H3. The molecule has 2 aromatic heterocycles. The summed E-state index contributed by atoms with van der Waals surface area (Å²) in [7, 11) is 1.60. The molecule has 7 heteroatoms. The number of rotatable bonds is 5. The highest BCUT2D eigenvalue weighted by Gasteiger charge is 2.21. The quantitative estimate of drug-likeness (QED) is 0.536. The molecular formula is C20H17N3O4. The molecular weight excluding hydrogens is 346 g/mol. The smallest absolute Gasteiger partial charge is 0.341 e. The van der Waals surface area contributed by atoms with Crippen LogP contribution in [0.25, 0.3) is 22.4 Å². The summed E-state index contributed by atoms with van der Waals surface area (Å²) in [5.41, 5.74) is 2.09.